The lowest BCUT2D eigenvalue weighted by Gasteiger charge is -2.33. The van der Waals surface area contributed by atoms with E-state index in [1.165, 1.54) is 0 Å². The maximum absolute atomic E-state index is 6.97. The van der Waals surface area contributed by atoms with Gasteiger partial charge in [-0.25, -0.2) is 0 Å². The molecule has 91 heavy (non-hydrogen) atoms. The topological polar surface area (TPSA) is 28.7 Å². The van der Waals surface area contributed by atoms with Crippen LogP contribution in [0, 0.1) is 0 Å². The quantitative estimate of drug-likeness (QED) is 0.0751. The Morgan fingerprint density at radius 3 is 0.495 bits per heavy atom. The summed E-state index contributed by atoms with van der Waals surface area (Å²) in [7, 11) is 0. The standard InChI is InChI=1S/C84H64N6O/c1-11-33-65(34-12-1)85(66-35-13-2-14-36-66)74-51-31-53-76(57-74)89(72-47-25-8-26-48-72)81-62-82(64-84(63-81)91-83-55-29-10-30-56-83)90(73-49-27-9-28-50-73)77-54-32-52-75(58-77)88(71-45-23-7-24-46-71)80-60-78(86(67-37-15-3-16-38-67)68-39-17-4-18-40-68)59-79(61-80)87(69-41-19-5-20-42-69)70-43-21-6-22-44-70/h1-64H. The van der Waals surface area contributed by atoms with E-state index in [-0.39, 0.29) is 0 Å². The minimum Gasteiger partial charge on any atom is -0.457 e. The van der Waals surface area contributed by atoms with Crippen LogP contribution in [0.15, 0.2) is 388 Å². The summed E-state index contributed by atoms with van der Waals surface area (Å²) in [6, 6.07) is 137. The summed E-state index contributed by atoms with van der Waals surface area (Å²) in [4.78, 5) is 14.0. The Morgan fingerprint density at radius 2 is 0.275 bits per heavy atom. The molecule has 0 bridgehead atoms. The number of benzene rings is 14. The number of anilines is 18. The third kappa shape index (κ3) is 12.6. The highest BCUT2D eigenvalue weighted by Crippen LogP contribution is 2.49. The highest BCUT2D eigenvalue weighted by Gasteiger charge is 2.26. The van der Waals surface area contributed by atoms with E-state index >= 15 is 0 Å². The van der Waals surface area contributed by atoms with Crippen LogP contribution < -0.4 is 34.1 Å². The van der Waals surface area contributed by atoms with E-state index in [9.17, 15) is 0 Å². The van der Waals surface area contributed by atoms with E-state index in [2.05, 4.69) is 387 Å². The molecule has 0 aromatic heterocycles. The van der Waals surface area contributed by atoms with E-state index in [1.807, 2.05) is 30.3 Å². The molecule has 14 aromatic carbocycles. The molecule has 0 fully saturated rings. The SMILES string of the molecule is c1ccc(Oc2cc(N(c3ccccc3)c3cccc(N(c4ccccc4)c4ccccc4)c3)cc(N(c3ccccc3)c3cccc(N(c4ccccc4)c4cc(N(c5ccccc5)c5ccccc5)cc(N(c5ccccc5)c5ccccc5)c4)c3)c2)cc1. The minimum absolute atomic E-state index is 0.668. The van der Waals surface area contributed by atoms with Crippen LogP contribution in [-0.4, -0.2) is 0 Å². The predicted octanol–water partition coefficient (Wildman–Crippen LogP) is 24.3. The maximum atomic E-state index is 6.97. The number of rotatable bonds is 20. The fraction of sp³-hybridized carbons (Fsp3) is 0. The van der Waals surface area contributed by atoms with Crippen LogP contribution in [0.25, 0.3) is 0 Å². The maximum Gasteiger partial charge on any atom is 0.131 e. The number of nitrogens with zero attached hydrogens (tertiary/aromatic N) is 6. The zero-order valence-electron chi connectivity index (χ0n) is 50.0. The van der Waals surface area contributed by atoms with Gasteiger partial charge in [-0.1, -0.05) is 194 Å². The second-order valence-electron chi connectivity index (χ2n) is 21.9. The molecule has 0 saturated carbocycles. The molecule has 0 heterocycles. The van der Waals surface area contributed by atoms with Crippen molar-refractivity contribution < 1.29 is 4.74 Å². The van der Waals surface area contributed by atoms with Crippen molar-refractivity contribution in [2.45, 2.75) is 0 Å². The van der Waals surface area contributed by atoms with Crippen LogP contribution in [0.4, 0.5) is 102 Å². The first kappa shape index (κ1) is 56.5. The highest BCUT2D eigenvalue weighted by atomic mass is 16.5. The molecule has 0 spiro atoms. The van der Waals surface area contributed by atoms with Crippen molar-refractivity contribution in [2.24, 2.45) is 0 Å². The van der Waals surface area contributed by atoms with Gasteiger partial charge in [-0.3, -0.25) is 0 Å². The van der Waals surface area contributed by atoms with Crippen LogP contribution in [0.1, 0.15) is 0 Å². The smallest absolute Gasteiger partial charge is 0.131 e. The van der Waals surface area contributed by atoms with Crippen molar-refractivity contribution in [3.8, 4) is 11.5 Å². The Hall–Kier alpha value is -12.3. The summed E-state index contributed by atoms with van der Waals surface area (Å²) < 4.78 is 6.97. The zero-order chi connectivity index (χ0) is 61.0. The second kappa shape index (κ2) is 26.7. The lowest BCUT2D eigenvalue weighted by molar-refractivity contribution is 0.483. The summed E-state index contributed by atoms with van der Waals surface area (Å²) >= 11 is 0. The Kier molecular flexibility index (Phi) is 16.6. The van der Waals surface area contributed by atoms with E-state index in [0.717, 1.165) is 108 Å². The molecule has 0 aliphatic heterocycles. The Bertz CT molecular complexity index is 4390. The van der Waals surface area contributed by atoms with Gasteiger partial charge in [0.1, 0.15) is 11.5 Å². The van der Waals surface area contributed by atoms with Crippen LogP contribution in [0.5, 0.6) is 11.5 Å². The molecule has 436 valence electrons. The van der Waals surface area contributed by atoms with E-state index < -0.39 is 0 Å². The average Bonchev–Trinajstić information content (AvgIpc) is 1.48. The summed E-state index contributed by atoms with van der Waals surface area (Å²) in [6.07, 6.45) is 0. The number of hydrogen-bond donors (Lipinski definition) is 0. The van der Waals surface area contributed by atoms with Gasteiger partial charge in [0.25, 0.3) is 0 Å². The van der Waals surface area contributed by atoms with E-state index in [0.29, 0.717) is 5.75 Å². The highest BCUT2D eigenvalue weighted by molar-refractivity contribution is 5.92. The molecule has 0 unspecified atom stereocenters. The number of ether oxygens (including phenoxy) is 1. The largest absolute Gasteiger partial charge is 0.457 e. The molecule has 14 aromatic rings. The second-order valence-corrected chi connectivity index (χ2v) is 21.9. The number of hydrogen-bond acceptors (Lipinski definition) is 7. The van der Waals surface area contributed by atoms with E-state index in [1.54, 1.807) is 0 Å². The van der Waals surface area contributed by atoms with Gasteiger partial charge in [-0.2, -0.15) is 0 Å². The molecule has 7 heteroatoms. The molecule has 14 rings (SSSR count). The van der Waals surface area contributed by atoms with Gasteiger partial charge in [-0.05, 0) is 182 Å². The third-order valence-electron chi connectivity index (χ3n) is 15.9. The lowest BCUT2D eigenvalue weighted by atomic mass is 10.1. The fourth-order valence-electron chi connectivity index (χ4n) is 11.9. The normalized spacial score (nSPS) is 10.9. The van der Waals surface area contributed by atoms with E-state index in [4.69, 9.17) is 4.74 Å². The average molecular weight is 1170 g/mol. The zero-order valence-corrected chi connectivity index (χ0v) is 50.0. The van der Waals surface area contributed by atoms with Crippen molar-refractivity contribution in [3.63, 3.8) is 0 Å². The Labute approximate surface area is 533 Å². The summed E-state index contributed by atoms with van der Waals surface area (Å²) in [5.74, 6) is 1.39. The van der Waals surface area contributed by atoms with Crippen molar-refractivity contribution >= 4 is 102 Å². The molecule has 0 aliphatic carbocycles. The Balaban J connectivity index is 0.967. The van der Waals surface area contributed by atoms with Gasteiger partial charge in [0.2, 0.25) is 0 Å². The van der Waals surface area contributed by atoms with Gasteiger partial charge < -0.3 is 34.1 Å². The van der Waals surface area contributed by atoms with Gasteiger partial charge >= 0.3 is 0 Å². The Morgan fingerprint density at radius 1 is 0.121 bits per heavy atom. The molecule has 0 amide bonds. The molecule has 0 radical (unpaired) electrons. The van der Waals surface area contributed by atoms with Crippen LogP contribution in [0.3, 0.4) is 0 Å². The summed E-state index contributed by atoms with van der Waals surface area (Å²) in [6.45, 7) is 0. The molecule has 7 nitrogen and oxygen atoms in total. The predicted molar refractivity (Wildman–Crippen MR) is 381 cm³/mol. The fourth-order valence-corrected chi connectivity index (χ4v) is 11.9. The number of para-hydroxylation sites is 10. The van der Waals surface area contributed by atoms with Crippen molar-refractivity contribution in [3.05, 3.63) is 388 Å². The summed E-state index contributed by atoms with van der Waals surface area (Å²) in [5.41, 5.74) is 17.8. The van der Waals surface area contributed by atoms with Crippen molar-refractivity contribution in [2.75, 3.05) is 29.4 Å². The van der Waals surface area contributed by atoms with Gasteiger partial charge in [0, 0.05) is 86.1 Å². The molecule has 0 saturated heterocycles. The molecular formula is C84H64N6O. The molecule has 0 aliphatic rings. The van der Waals surface area contributed by atoms with Gasteiger partial charge in [-0.15, -0.1) is 0 Å². The lowest BCUT2D eigenvalue weighted by Crippen LogP contribution is -2.17. The molecule has 0 atom stereocenters. The molecule has 0 N–H and O–H groups in total. The van der Waals surface area contributed by atoms with Gasteiger partial charge in [0.15, 0.2) is 0 Å². The first-order valence-electron chi connectivity index (χ1n) is 30.6. The first-order chi connectivity index (χ1) is 45.1. The summed E-state index contributed by atoms with van der Waals surface area (Å²) in [5, 5.41) is 0. The first-order valence-corrected chi connectivity index (χ1v) is 30.6. The monoisotopic (exact) mass is 1170 g/mol. The minimum atomic E-state index is 0.668. The third-order valence-corrected chi connectivity index (χ3v) is 15.9. The van der Waals surface area contributed by atoms with Gasteiger partial charge in [0.05, 0.1) is 28.4 Å². The van der Waals surface area contributed by atoms with Crippen molar-refractivity contribution in [1.29, 1.82) is 0 Å². The van der Waals surface area contributed by atoms with Crippen molar-refractivity contribution in [1.82, 2.24) is 0 Å². The van der Waals surface area contributed by atoms with Crippen LogP contribution >= 0.6 is 0 Å². The van der Waals surface area contributed by atoms with Crippen LogP contribution in [0.2, 0.25) is 0 Å². The molecular weight excluding hydrogens is 1110 g/mol. The van der Waals surface area contributed by atoms with Crippen LogP contribution in [-0.2, 0) is 0 Å².